The molecule has 3 heteroatoms. The lowest BCUT2D eigenvalue weighted by atomic mass is 10.1. The summed E-state index contributed by atoms with van der Waals surface area (Å²) in [7, 11) is 0. The summed E-state index contributed by atoms with van der Waals surface area (Å²) in [5, 5.41) is 7.66. The van der Waals surface area contributed by atoms with Crippen LogP contribution in [0.4, 0.5) is 0 Å². The first kappa shape index (κ1) is 8.52. The van der Waals surface area contributed by atoms with Crippen LogP contribution in [0.3, 0.4) is 0 Å². The van der Waals surface area contributed by atoms with Crippen molar-refractivity contribution in [1.29, 1.82) is 0 Å². The number of hydrogen-bond donors (Lipinski definition) is 1. The van der Waals surface area contributed by atoms with E-state index in [1.807, 2.05) is 6.92 Å². The minimum Gasteiger partial charge on any atom is -0.267 e. The maximum absolute atomic E-state index is 11.4. The van der Waals surface area contributed by atoms with E-state index in [2.05, 4.69) is 16.1 Å². The van der Waals surface area contributed by atoms with Crippen LogP contribution < -0.4 is 5.56 Å². The number of H-pyrrole nitrogens is 1. The third-order valence-electron chi connectivity index (χ3n) is 2.15. The van der Waals surface area contributed by atoms with E-state index < -0.39 is 0 Å². The van der Waals surface area contributed by atoms with E-state index >= 15 is 0 Å². The van der Waals surface area contributed by atoms with Crippen LogP contribution in [0.2, 0.25) is 0 Å². The SMILES string of the molecule is C#Cc1cccc2c(=O)[nH]nc(C)c12. The Bertz CT molecular complexity index is 590. The van der Waals surface area contributed by atoms with E-state index in [0.29, 0.717) is 10.9 Å². The molecule has 0 aliphatic rings. The predicted molar refractivity (Wildman–Crippen MR) is 55.0 cm³/mol. The highest BCUT2D eigenvalue weighted by molar-refractivity contribution is 5.88. The molecule has 1 N–H and O–H groups in total. The van der Waals surface area contributed by atoms with Gasteiger partial charge >= 0.3 is 0 Å². The van der Waals surface area contributed by atoms with Gasteiger partial charge < -0.3 is 0 Å². The van der Waals surface area contributed by atoms with Gasteiger partial charge in [0.1, 0.15) is 0 Å². The first-order valence-electron chi connectivity index (χ1n) is 4.18. The lowest BCUT2D eigenvalue weighted by Gasteiger charge is -2.01. The highest BCUT2D eigenvalue weighted by Gasteiger charge is 2.05. The molecule has 0 aliphatic carbocycles. The molecule has 0 radical (unpaired) electrons. The van der Waals surface area contributed by atoms with Crippen LogP contribution >= 0.6 is 0 Å². The van der Waals surface area contributed by atoms with Gasteiger partial charge in [0.15, 0.2) is 0 Å². The van der Waals surface area contributed by atoms with E-state index in [9.17, 15) is 4.79 Å². The summed E-state index contributed by atoms with van der Waals surface area (Å²) in [4.78, 5) is 11.4. The van der Waals surface area contributed by atoms with Crippen molar-refractivity contribution < 1.29 is 0 Å². The normalized spacial score (nSPS) is 10.0. The smallest absolute Gasteiger partial charge is 0.267 e. The van der Waals surface area contributed by atoms with Crippen LogP contribution in [-0.4, -0.2) is 10.2 Å². The fourth-order valence-corrected chi connectivity index (χ4v) is 1.50. The molecule has 0 fully saturated rings. The number of rotatable bonds is 0. The number of benzene rings is 1. The molecule has 2 aromatic rings. The number of fused-ring (bicyclic) bond motifs is 1. The number of terminal acetylenes is 1. The monoisotopic (exact) mass is 184 g/mol. The zero-order chi connectivity index (χ0) is 10.1. The summed E-state index contributed by atoms with van der Waals surface area (Å²) < 4.78 is 0. The molecular weight excluding hydrogens is 176 g/mol. The highest BCUT2D eigenvalue weighted by Crippen LogP contribution is 2.16. The Morgan fingerprint density at radius 1 is 1.50 bits per heavy atom. The Morgan fingerprint density at radius 2 is 2.29 bits per heavy atom. The van der Waals surface area contributed by atoms with Gasteiger partial charge in [0.05, 0.1) is 11.1 Å². The van der Waals surface area contributed by atoms with Gasteiger partial charge in [-0.2, -0.15) is 5.10 Å². The van der Waals surface area contributed by atoms with Crippen molar-refractivity contribution in [2.75, 3.05) is 0 Å². The molecule has 0 saturated heterocycles. The molecule has 68 valence electrons. The van der Waals surface area contributed by atoms with E-state index in [-0.39, 0.29) is 5.56 Å². The first-order valence-corrected chi connectivity index (χ1v) is 4.18. The third-order valence-corrected chi connectivity index (χ3v) is 2.15. The fourth-order valence-electron chi connectivity index (χ4n) is 1.50. The van der Waals surface area contributed by atoms with E-state index in [1.165, 1.54) is 0 Å². The summed E-state index contributed by atoms with van der Waals surface area (Å²) in [6, 6.07) is 5.31. The third kappa shape index (κ3) is 1.09. The van der Waals surface area contributed by atoms with Gasteiger partial charge in [0.25, 0.3) is 5.56 Å². The van der Waals surface area contributed by atoms with Crippen molar-refractivity contribution in [1.82, 2.24) is 10.2 Å². The Kier molecular flexibility index (Phi) is 1.83. The molecule has 0 unspecified atom stereocenters. The number of nitrogens with zero attached hydrogens (tertiary/aromatic N) is 1. The van der Waals surface area contributed by atoms with Gasteiger partial charge in [-0.25, -0.2) is 5.10 Å². The molecule has 1 heterocycles. The summed E-state index contributed by atoms with van der Waals surface area (Å²) in [5.41, 5.74) is 1.24. The zero-order valence-corrected chi connectivity index (χ0v) is 7.66. The Hall–Kier alpha value is -2.08. The molecule has 14 heavy (non-hydrogen) atoms. The quantitative estimate of drug-likeness (QED) is 0.625. The number of nitrogens with one attached hydrogen (secondary N) is 1. The Morgan fingerprint density at radius 3 is 3.00 bits per heavy atom. The molecule has 1 aromatic heterocycles. The average Bonchev–Trinajstić information content (AvgIpc) is 2.23. The maximum Gasteiger partial charge on any atom is 0.272 e. The molecule has 0 bridgehead atoms. The lowest BCUT2D eigenvalue weighted by molar-refractivity contribution is 0.970. The predicted octanol–water partition coefficient (Wildman–Crippen LogP) is 1.21. The molecule has 1 aromatic carbocycles. The van der Waals surface area contributed by atoms with E-state index in [1.54, 1.807) is 18.2 Å². The van der Waals surface area contributed by atoms with Crippen LogP contribution in [-0.2, 0) is 0 Å². The molecule has 3 nitrogen and oxygen atoms in total. The van der Waals surface area contributed by atoms with Gasteiger partial charge in [0, 0.05) is 10.9 Å². The van der Waals surface area contributed by atoms with Gasteiger partial charge in [-0.05, 0) is 19.1 Å². The van der Waals surface area contributed by atoms with Crippen LogP contribution in [0.15, 0.2) is 23.0 Å². The van der Waals surface area contributed by atoms with Crippen LogP contribution in [0.25, 0.3) is 10.8 Å². The van der Waals surface area contributed by atoms with Gasteiger partial charge in [0.2, 0.25) is 0 Å². The fraction of sp³-hybridized carbons (Fsp3) is 0.0909. The van der Waals surface area contributed by atoms with E-state index in [4.69, 9.17) is 6.42 Å². The van der Waals surface area contributed by atoms with E-state index in [0.717, 1.165) is 11.1 Å². The lowest BCUT2D eigenvalue weighted by Crippen LogP contribution is -2.10. The first-order chi connectivity index (χ1) is 6.74. The van der Waals surface area contributed by atoms with Crippen molar-refractivity contribution in [2.45, 2.75) is 6.92 Å². The minimum atomic E-state index is -0.206. The second kappa shape index (κ2) is 3.00. The van der Waals surface area contributed by atoms with Crippen molar-refractivity contribution in [3.63, 3.8) is 0 Å². The van der Waals surface area contributed by atoms with Gasteiger partial charge in [-0.1, -0.05) is 12.0 Å². The minimum absolute atomic E-state index is 0.206. The molecular formula is C11H8N2O. The maximum atomic E-state index is 11.4. The second-order valence-electron chi connectivity index (χ2n) is 3.01. The Labute approximate surface area is 80.8 Å². The summed E-state index contributed by atoms with van der Waals surface area (Å²) in [6.07, 6.45) is 5.34. The van der Waals surface area contributed by atoms with Crippen molar-refractivity contribution in [2.24, 2.45) is 0 Å². The molecule has 0 spiro atoms. The summed E-state index contributed by atoms with van der Waals surface area (Å²) in [5.74, 6) is 2.55. The molecule has 2 rings (SSSR count). The summed E-state index contributed by atoms with van der Waals surface area (Å²) in [6.45, 7) is 1.82. The average molecular weight is 184 g/mol. The number of aromatic nitrogens is 2. The van der Waals surface area contributed by atoms with Crippen molar-refractivity contribution in [3.8, 4) is 12.3 Å². The molecule has 0 amide bonds. The van der Waals surface area contributed by atoms with Crippen molar-refractivity contribution in [3.05, 3.63) is 39.8 Å². The Balaban J connectivity index is 3.09. The highest BCUT2D eigenvalue weighted by atomic mass is 16.1. The zero-order valence-electron chi connectivity index (χ0n) is 7.66. The second-order valence-corrected chi connectivity index (χ2v) is 3.01. The summed E-state index contributed by atoms with van der Waals surface area (Å²) >= 11 is 0. The number of hydrogen-bond acceptors (Lipinski definition) is 2. The van der Waals surface area contributed by atoms with Crippen LogP contribution in [0.5, 0.6) is 0 Å². The standard InChI is InChI=1S/C11H8N2O/c1-3-8-5-4-6-9-10(8)7(2)12-13-11(9)14/h1,4-6H,2H3,(H,13,14). The van der Waals surface area contributed by atoms with Gasteiger partial charge in [-0.15, -0.1) is 6.42 Å². The largest absolute Gasteiger partial charge is 0.272 e. The molecule has 0 saturated carbocycles. The number of aromatic amines is 1. The van der Waals surface area contributed by atoms with Gasteiger partial charge in [-0.3, -0.25) is 4.79 Å². The molecule has 0 aliphatic heterocycles. The van der Waals surface area contributed by atoms with Crippen LogP contribution in [0, 0.1) is 19.3 Å². The van der Waals surface area contributed by atoms with Crippen LogP contribution in [0.1, 0.15) is 11.3 Å². The number of aryl methyl sites for hydroxylation is 1. The van der Waals surface area contributed by atoms with Crippen molar-refractivity contribution >= 4 is 10.8 Å². The molecule has 0 atom stereocenters. The topological polar surface area (TPSA) is 45.8 Å².